The summed E-state index contributed by atoms with van der Waals surface area (Å²) in [5.41, 5.74) is 2.69. The average Bonchev–Trinajstić information content (AvgIpc) is 2.89. The van der Waals surface area contributed by atoms with E-state index in [1.54, 1.807) is 24.3 Å². The van der Waals surface area contributed by atoms with Crippen LogP contribution in [-0.4, -0.2) is 44.6 Å². The first-order chi connectivity index (χ1) is 16.6. The minimum Gasteiger partial charge on any atom is -0.497 e. The molecule has 0 bridgehead atoms. The van der Waals surface area contributed by atoms with Gasteiger partial charge in [0.25, 0.3) is 11.8 Å². The van der Waals surface area contributed by atoms with E-state index in [2.05, 4.69) is 34.9 Å². The number of rotatable bonds is 11. The van der Waals surface area contributed by atoms with E-state index in [1.807, 2.05) is 36.4 Å². The molecule has 0 aliphatic heterocycles. The van der Waals surface area contributed by atoms with Crippen molar-refractivity contribution in [2.45, 2.75) is 12.3 Å². The monoisotopic (exact) mass is 460 g/mol. The van der Waals surface area contributed by atoms with E-state index in [4.69, 9.17) is 9.47 Å². The van der Waals surface area contributed by atoms with Crippen LogP contribution in [0.2, 0.25) is 0 Å². The highest BCUT2D eigenvalue weighted by Crippen LogP contribution is 2.27. The first-order valence-electron chi connectivity index (χ1n) is 11.0. The quantitative estimate of drug-likeness (QED) is 0.428. The molecule has 2 amide bonds. The van der Waals surface area contributed by atoms with Gasteiger partial charge in [-0.1, -0.05) is 66.7 Å². The number of ether oxygens (including phenoxy) is 2. The van der Waals surface area contributed by atoms with E-state index in [0.29, 0.717) is 24.3 Å². The predicted octanol–water partition coefficient (Wildman–Crippen LogP) is 3.31. The molecule has 3 rings (SSSR count). The van der Waals surface area contributed by atoms with Crippen LogP contribution in [0.3, 0.4) is 0 Å². The molecule has 0 aliphatic carbocycles. The lowest BCUT2D eigenvalue weighted by molar-refractivity contribution is -0.147. The summed E-state index contributed by atoms with van der Waals surface area (Å²) in [5.74, 6) is -0.857. The summed E-state index contributed by atoms with van der Waals surface area (Å²) in [6, 6.07) is 26.8. The summed E-state index contributed by atoms with van der Waals surface area (Å²) < 4.78 is 10.0. The average molecular weight is 461 g/mol. The SMILES string of the molecule is COc1cccc(C(=O)NCC(=O)OCC(=O)NCCC(c2ccccc2)c2ccccc2)c1. The molecule has 34 heavy (non-hydrogen) atoms. The first kappa shape index (κ1) is 24.5. The third kappa shape index (κ3) is 7.48. The molecule has 0 heterocycles. The van der Waals surface area contributed by atoms with Gasteiger partial charge in [0.15, 0.2) is 6.61 Å². The van der Waals surface area contributed by atoms with Gasteiger partial charge >= 0.3 is 5.97 Å². The van der Waals surface area contributed by atoms with Crippen LogP contribution in [0.1, 0.15) is 33.8 Å². The highest BCUT2D eigenvalue weighted by molar-refractivity contribution is 5.96. The number of benzene rings is 3. The fraction of sp³-hybridized carbons (Fsp3) is 0.222. The highest BCUT2D eigenvalue weighted by atomic mass is 16.5. The normalized spacial score (nSPS) is 10.4. The topological polar surface area (TPSA) is 93.7 Å². The standard InChI is InChI=1S/C27H28N2O5/c1-33-23-14-8-13-22(17-23)27(32)29-18-26(31)34-19-25(30)28-16-15-24(20-9-4-2-5-10-20)21-11-6-3-7-12-21/h2-14,17,24H,15-16,18-19H2,1H3,(H,28,30)(H,29,32). The van der Waals surface area contributed by atoms with Crippen LogP contribution < -0.4 is 15.4 Å². The highest BCUT2D eigenvalue weighted by Gasteiger charge is 2.15. The Morgan fingerprint density at radius 1 is 0.824 bits per heavy atom. The van der Waals surface area contributed by atoms with Crippen LogP contribution in [0.15, 0.2) is 84.9 Å². The van der Waals surface area contributed by atoms with Gasteiger partial charge in [-0.05, 0) is 35.7 Å². The Hall–Kier alpha value is -4.13. The van der Waals surface area contributed by atoms with E-state index < -0.39 is 24.4 Å². The van der Waals surface area contributed by atoms with Gasteiger partial charge in [0.1, 0.15) is 12.3 Å². The molecular weight excluding hydrogens is 432 g/mol. The Kier molecular flexibility index (Phi) is 9.22. The van der Waals surface area contributed by atoms with Crippen LogP contribution in [-0.2, 0) is 14.3 Å². The molecule has 3 aromatic rings. The van der Waals surface area contributed by atoms with E-state index >= 15 is 0 Å². The molecule has 7 heteroatoms. The smallest absolute Gasteiger partial charge is 0.325 e. The number of carbonyl (C=O) groups excluding carboxylic acids is 3. The molecule has 0 radical (unpaired) electrons. The van der Waals surface area contributed by atoms with Crippen LogP contribution in [0.4, 0.5) is 0 Å². The lowest BCUT2D eigenvalue weighted by Crippen LogP contribution is -2.34. The minimum atomic E-state index is -0.696. The molecule has 0 fully saturated rings. The Balaban J connectivity index is 1.41. The van der Waals surface area contributed by atoms with Crippen molar-refractivity contribution in [1.82, 2.24) is 10.6 Å². The molecule has 0 unspecified atom stereocenters. The maximum absolute atomic E-state index is 12.1. The van der Waals surface area contributed by atoms with Crippen molar-refractivity contribution in [3.8, 4) is 5.75 Å². The zero-order chi connectivity index (χ0) is 24.2. The fourth-order valence-corrected chi connectivity index (χ4v) is 3.52. The molecule has 0 aromatic heterocycles. The number of amides is 2. The molecule has 176 valence electrons. The van der Waals surface area contributed by atoms with Gasteiger partial charge in [-0.15, -0.1) is 0 Å². The number of hydrogen-bond acceptors (Lipinski definition) is 5. The second kappa shape index (κ2) is 12.8. The molecule has 0 saturated heterocycles. The molecule has 7 nitrogen and oxygen atoms in total. The fourth-order valence-electron chi connectivity index (χ4n) is 3.52. The summed E-state index contributed by atoms with van der Waals surface area (Å²) in [7, 11) is 1.50. The third-order valence-electron chi connectivity index (χ3n) is 5.25. The summed E-state index contributed by atoms with van der Waals surface area (Å²) in [4.78, 5) is 36.2. The largest absolute Gasteiger partial charge is 0.497 e. The number of nitrogens with one attached hydrogen (secondary N) is 2. The van der Waals surface area contributed by atoms with Gasteiger partial charge in [-0.25, -0.2) is 0 Å². The third-order valence-corrected chi connectivity index (χ3v) is 5.25. The first-order valence-corrected chi connectivity index (χ1v) is 11.0. The van der Waals surface area contributed by atoms with Crippen molar-refractivity contribution in [2.75, 3.05) is 26.8 Å². The predicted molar refractivity (Wildman–Crippen MR) is 129 cm³/mol. The Bertz CT molecular complexity index is 1050. The van der Waals surface area contributed by atoms with Crippen LogP contribution in [0.5, 0.6) is 5.75 Å². The number of hydrogen-bond donors (Lipinski definition) is 2. The maximum Gasteiger partial charge on any atom is 0.325 e. The number of esters is 1. The molecule has 2 N–H and O–H groups in total. The summed E-state index contributed by atoms with van der Waals surface area (Å²) in [5, 5.41) is 5.26. The molecule has 0 atom stereocenters. The maximum atomic E-state index is 12.1. The van der Waals surface area contributed by atoms with E-state index in [1.165, 1.54) is 18.2 Å². The van der Waals surface area contributed by atoms with E-state index in [0.717, 1.165) is 0 Å². The van der Waals surface area contributed by atoms with Gasteiger partial charge in [0.05, 0.1) is 7.11 Å². The zero-order valence-electron chi connectivity index (χ0n) is 19.0. The van der Waals surface area contributed by atoms with Gasteiger partial charge in [-0.3, -0.25) is 14.4 Å². The van der Waals surface area contributed by atoms with E-state index in [-0.39, 0.29) is 12.5 Å². The van der Waals surface area contributed by atoms with Crippen LogP contribution >= 0.6 is 0 Å². The number of methoxy groups -OCH3 is 1. The summed E-state index contributed by atoms with van der Waals surface area (Å²) in [6.45, 7) is -0.319. The van der Waals surface area contributed by atoms with Crippen molar-refractivity contribution in [1.29, 1.82) is 0 Å². The lowest BCUT2D eigenvalue weighted by atomic mass is 9.88. The summed E-state index contributed by atoms with van der Waals surface area (Å²) in [6.07, 6.45) is 0.699. The molecule has 0 spiro atoms. The van der Waals surface area contributed by atoms with Gasteiger partial charge in [0, 0.05) is 18.0 Å². The summed E-state index contributed by atoms with van der Waals surface area (Å²) >= 11 is 0. The zero-order valence-corrected chi connectivity index (χ0v) is 19.0. The van der Waals surface area contributed by atoms with Crippen molar-refractivity contribution in [3.63, 3.8) is 0 Å². The second-order valence-corrected chi connectivity index (χ2v) is 7.59. The molecule has 3 aromatic carbocycles. The van der Waals surface area contributed by atoms with Gasteiger partial charge < -0.3 is 20.1 Å². The molecule has 0 aliphatic rings. The van der Waals surface area contributed by atoms with Crippen molar-refractivity contribution >= 4 is 17.8 Å². The Morgan fingerprint density at radius 2 is 1.47 bits per heavy atom. The Morgan fingerprint density at radius 3 is 2.09 bits per heavy atom. The number of carbonyl (C=O) groups is 3. The molecular formula is C27H28N2O5. The van der Waals surface area contributed by atoms with Gasteiger partial charge in [0.2, 0.25) is 0 Å². The Labute approximate surface area is 199 Å². The van der Waals surface area contributed by atoms with Crippen molar-refractivity contribution in [2.24, 2.45) is 0 Å². The lowest BCUT2D eigenvalue weighted by Gasteiger charge is -2.18. The molecule has 0 saturated carbocycles. The van der Waals surface area contributed by atoms with Gasteiger partial charge in [-0.2, -0.15) is 0 Å². The van der Waals surface area contributed by atoms with Crippen molar-refractivity contribution in [3.05, 3.63) is 102 Å². The van der Waals surface area contributed by atoms with E-state index in [9.17, 15) is 14.4 Å². The second-order valence-electron chi connectivity index (χ2n) is 7.59. The van der Waals surface area contributed by atoms with Crippen LogP contribution in [0.25, 0.3) is 0 Å². The van der Waals surface area contributed by atoms with Crippen LogP contribution in [0, 0.1) is 0 Å². The van der Waals surface area contributed by atoms with Crippen molar-refractivity contribution < 1.29 is 23.9 Å². The minimum absolute atomic E-state index is 0.136.